The Morgan fingerprint density at radius 3 is 2.89 bits per heavy atom. The summed E-state index contributed by atoms with van der Waals surface area (Å²) in [5.74, 6) is -0.258. The number of methoxy groups -OCH3 is 1. The summed E-state index contributed by atoms with van der Waals surface area (Å²) in [5.41, 5.74) is 3.92. The molecule has 0 fully saturated rings. The fourth-order valence-electron chi connectivity index (χ4n) is 2.36. The number of benzene rings is 2. The van der Waals surface area contributed by atoms with Crippen LogP contribution in [-0.2, 0) is 0 Å². The molecule has 1 heterocycles. The van der Waals surface area contributed by atoms with E-state index in [0.29, 0.717) is 16.8 Å². The summed E-state index contributed by atoms with van der Waals surface area (Å²) in [5, 5.41) is 30.8. The Morgan fingerprint density at radius 2 is 2.14 bits per heavy atom. The first-order chi connectivity index (χ1) is 13.5. The van der Waals surface area contributed by atoms with Gasteiger partial charge >= 0.3 is 0 Å². The van der Waals surface area contributed by atoms with Crippen molar-refractivity contribution >= 4 is 17.8 Å². The van der Waals surface area contributed by atoms with Crippen LogP contribution < -0.4 is 10.2 Å². The molecule has 142 valence electrons. The van der Waals surface area contributed by atoms with Crippen molar-refractivity contribution < 1.29 is 19.6 Å². The van der Waals surface area contributed by atoms with Crippen LogP contribution in [0.3, 0.4) is 0 Å². The zero-order valence-electron chi connectivity index (χ0n) is 14.6. The van der Waals surface area contributed by atoms with E-state index in [1.54, 1.807) is 18.2 Å². The first-order valence-electron chi connectivity index (χ1n) is 7.98. The molecule has 0 radical (unpaired) electrons. The van der Waals surface area contributed by atoms with Gasteiger partial charge in [0.05, 0.1) is 23.9 Å². The second kappa shape index (κ2) is 7.99. The Balaban J connectivity index is 1.69. The summed E-state index contributed by atoms with van der Waals surface area (Å²) in [6.07, 6.45) is 1.39. The first kappa shape index (κ1) is 18.6. The summed E-state index contributed by atoms with van der Waals surface area (Å²) in [4.78, 5) is 22.5. The highest BCUT2D eigenvalue weighted by Crippen LogP contribution is 2.25. The lowest BCUT2D eigenvalue weighted by Crippen LogP contribution is -2.18. The van der Waals surface area contributed by atoms with Gasteiger partial charge in [-0.05, 0) is 29.8 Å². The number of rotatable bonds is 6. The highest BCUT2D eigenvalue weighted by molar-refractivity contribution is 5.94. The third-order valence-electron chi connectivity index (χ3n) is 3.76. The number of hydrogen-bond acceptors (Lipinski definition) is 7. The lowest BCUT2D eigenvalue weighted by molar-refractivity contribution is -0.384. The van der Waals surface area contributed by atoms with Gasteiger partial charge in [-0.25, -0.2) is 5.43 Å². The molecule has 0 aliphatic carbocycles. The van der Waals surface area contributed by atoms with E-state index in [9.17, 15) is 20.0 Å². The van der Waals surface area contributed by atoms with E-state index < -0.39 is 10.8 Å². The Kier molecular flexibility index (Phi) is 5.30. The van der Waals surface area contributed by atoms with Crippen molar-refractivity contribution in [1.29, 1.82) is 0 Å². The van der Waals surface area contributed by atoms with Gasteiger partial charge in [0, 0.05) is 17.7 Å². The van der Waals surface area contributed by atoms with Crippen LogP contribution in [0.15, 0.2) is 53.6 Å². The number of phenols is 1. The van der Waals surface area contributed by atoms with Crippen molar-refractivity contribution in [2.75, 3.05) is 7.11 Å². The smallest absolute Gasteiger partial charge is 0.289 e. The van der Waals surface area contributed by atoms with E-state index in [2.05, 4.69) is 20.7 Å². The number of aromatic amines is 1. The minimum atomic E-state index is -0.536. The molecule has 3 rings (SSSR count). The van der Waals surface area contributed by atoms with Crippen molar-refractivity contribution in [3.63, 3.8) is 0 Å². The van der Waals surface area contributed by atoms with Gasteiger partial charge in [-0.15, -0.1) is 0 Å². The molecule has 0 spiro atoms. The molecule has 3 aromatic rings. The number of nitro benzene ring substituents is 1. The van der Waals surface area contributed by atoms with E-state index in [-0.39, 0.29) is 22.9 Å². The van der Waals surface area contributed by atoms with Crippen LogP contribution >= 0.6 is 0 Å². The Hall–Kier alpha value is -4.21. The molecule has 2 aromatic carbocycles. The van der Waals surface area contributed by atoms with Crippen molar-refractivity contribution in [2.24, 2.45) is 5.10 Å². The second-order valence-corrected chi connectivity index (χ2v) is 5.60. The quantitative estimate of drug-likeness (QED) is 0.340. The monoisotopic (exact) mass is 381 g/mol. The van der Waals surface area contributed by atoms with Crippen molar-refractivity contribution in [2.45, 2.75) is 0 Å². The molecule has 0 bridgehead atoms. The van der Waals surface area contributed by atoms with Crippen LogP contribution in [0.2, 0.25) is 0 Å². The molecule has 28 heavy (non-hydrogen) atoms. The molecule has 0 atom stereocenters. The van der Waals surface area contributed by atoms with Gasteiger partial charge in [-0.2, -0.15) is 10.2 Å². The van der Waals surface area contributed by atoms with Crippen LogP contribution in [0.25, 0.3) is 11.3 Å². The normalized spacial score (nSPS) is 10.8. The molecular weight excluding hydrogens is 366 g/mol. The number of nitro groups is 1. The van der Waals surface area contributed by atoms with Gasteiger partial charge in [0.2, 0.25) is 0 Å². The Labute approximate surface area is 158 Å². The molecule has 0 unspecified atom stereocenters. The summed E-state index contributed by atoms with van der Waals surface area (Å²) in [6.45, 7) is 0. The number of hydrogen-bond donors (Lipinski definition) is 3. The van der Waals surface area contributed by atoms with Crippen LogP contribution in [-0.4, -0.2) is 39.5 Å². The van der Waals surface area contributed by atoms with E-state index in [0.717, 1.165) is 0 Å². The van der Waals surface area contributed by atoms with Gasteiger partial charge in [-0.1, -0.05) is 12.1 Å². The SMILES string of the molecule is COc1cc(/C=N/NC(=O)c2cc(-c3cccc([N+](=O)[O-])c3)n[nH]2)ccc1O. The molecule has 0 saturated heterocycles. The zero-order chi connectivity index (χ0) is 20.1. The van der Waals surface area contributed by atoms with Gasteiger partial charge in [0.25, 0.3) is 11.6 Å². The maximum Gasteiger partial charge on any atom is 0.289 e. The minimum Gasteiger partial charge on any atom is -0.504 e. The largest absolute Gasteiger partial charge is 0.504 e. The molecule has 0 aliphatic rings. The van der Waals surface area contributed by atoms with Gasteiger partial charge in [0.15, 0.2) is 11.5 Å². The molecule has 0 aliphatic heterocycles. The number of phenolic OH excluding ortho intramolecular Hbond substituents is 1. The number of hydrazone groups is 1. The molecule has 10 heteroatoms. The number of H-pyrrole nitrogens is 1. The minimum absolute atomic E-state index is 0.00479. The summed E-state index contributed by atoms with van der Waals surface area (Å²) < 4.78 is 5.00. The highest BCUT2D eigenvalue weighted by Gasteiger charge is 2.13. The van der Waals surface area contributed by atoms with Gasteiger partial charge in [-0.3, -0.25) is 20.0 Å². The number of carbonyl (C=O) groups excluding carboxylic acids is 1. The molecule has 1 aromatic heterocycles. The zero-order valence-corrected chi connectivity index (χ0v) is 14.6. The van der Waals surface area contributed by atoms with E-state index in [1.807, 2.05) is 0 Å². The average molecular weight is 381 g/mol. The van der Waals surface area contributed by atoms with Gasteiger partial charge in [0.1, 0.15) is 5.69 Å². The summed E-state index contributed by atoms with van der Waals surface area (Å²) in [6, 6.07) is 12.0. The molecular formula is C18H15N5O5. The number of carbonyl (C=O) groups is 1. The lowest BCUT2D eigenvalue weighted by Gasteiger charge is -2.03. The third-order valence-corrected chi connectivity index (χ3v) is 3.76. The summed E-state index contributed by atoms with van der Waals surface area (Å²) in [7, 11) is 1.43. The fourth-order valence-corrected chi connectivity index (χ4v) is 2.36. The van der Waals surface area contributed by atoms with Crippen LogP contribution in [0.1, 0.15) is 16.1 Å². The number of amides is 1. The van der Waals surface area contributed by atoms with E-state index >= 15 is 0 Å². The number of aromatic nitrogens is 2. The van der Waals surface area contributed by atoms with Crippen LogP contribution in [0.5, 0.6) is 11.5 Å². The Bertz CT molecular complexity index is 1060. The van der Waals surface area contributed by atoms with E-state index in [4.69, 9.17) is 4.74 Å². The standard InChI is InChI=1S/C18H15N5O5/c1-28-17-7-11(5-6-16(17)24)10-19-22-18(25)15-9-14(20-21-15)12-3-2-4-13(8-12)23(26)27/h2-10,24H,1H3,(H,20,21)(H,22,25)/b19-10+. The molecule has 1 amide bonds. The van der Waals surface area contributed by atoms with Crippen molar-refractivity contribution in [3.8, 4) is 22.8 Å². The van der Waals surface area contributed by atoms with Crippen LogP contribution in [0.4, 0.5) is 5.69 Å². The maximum absolute atomic E-state index is 12.2. The van der Waals surface area contributed by atoms with Crippen LogP contribution in [0, 0.1) is 10.1 Å². The molecule has 3 N–H and O–H groups in total. The predicted octanol–water partition coefficient (Wildman–Crippen LogP) is 2.46. The molecule has 10 nitrogen and oxygen atoms in total. The number of aromatic hydroxyl groups is 1. The lowest BCUT2D eigenvalue weighted by atomic mass is 10.1. The van der Waals surface area contributed by atoms with Gasteiger partial charge < -0.3 is 9.84 Å². The number of nitrogens with zero attached hydrogens (tertiary/aromatic N) is 3. The summed E-state index contributed by atoms with van der Waals surface area (Å²) >= 11 is 0. The first-order valence-corrected chi connectivity index (χ1v) is 7.98. The van der Waals surface area contributed by atoms with Crippen molar-refractivity contribution in [1.82, 2.24) is 15.6 Å². The highest BCUT2D eigenvalue weighted by atomic mass is 16.6. The fraction of sp³-hybridized carbons (Fsp3) is 0.0556. The second-order valence-electron chi connectivity index (χ2n) is 5.60. The molecule has 0 saturated carbocycles. The third kappa shape index (κ3) is 4.12. The number of non-ortho nitro benzene ring substituents is 1. The Morgan fingerprint density at radius 1 is 1.32 bits per heavy atom. The number of nitrogens with one attached hydrogen (secondary N) is 2. The topological polar surface area (TPSA) is 143 Å². The predicted molar refractivity (Wildman–Crippen MR) is 100 cm³/mol. The van der Waals surface area contributed by atoms with E-state index in [1.165, 1.54) is 43.7 Å². The van der Waals surface area contributed by atoms with Crippen molar-refractivity contribution in [3.05, 3.63) is 69.9 Å². The number of ether oxygens (including phenoxy) is 1. The average Bonchev–Trinajstić information content (AvgIpc) is 3.19. The maximum atomic E-state index is 12.2.